The maximum absolute atomic E-state index is 5.45. The largest absolute Gasteiger partial charge is 0.311 e. The van der Waals surface area contributed by atoms with Crippen molar-refractivity contribution in [3.05, 3.63) is 42.1 Å². The highest BCUT2D eigenvalue weighted by molar-refractivity contribution is 5.14. The van der Waals surface area contributed by atoms with E-state index in [0.29, 0.717) is 0 Å². The van der Waals surface area contributed by atoms with Gasteiger partial charge in [-0.25, -0.2) is 0 Å². The van der Waals surface area contributed by atoms with Crippen molar-refractivity contribution in [2.24, 2.45) is 5.73 Å². The Labute approximate surface area is 67.4 Å². The normalized spacial score (nSPS) is 10.5. The van der Waals surface area contributed by atoms with E-state index in [9.17, 15) is 0 Å². The van der Waals surface area contributed by atoms with Crippen molar-refractivity contribution in [2.45, 2.75) is 13.5 Å². The Morgan fingerprint density at radius 1 is 1.36 bits per heavy atom. The molecule has 1 radical (unpaired) electrons. The first kappa shape index (κ1) is 8.24. The van der Waals surface area contributed by atoms with Gasteiger partial charge in [0.2, 0.25) is 0 Å². The molecule has 0 aromatic heterocycles. The molecule has 1 aromatic carbocycles. The molecule has 0 unspecified atom stereocenters. The summed E-state index contributed by atoms with van der Waals surface area (Å²) in [6.45, 7) is 2.66. The van der Waals surface area contributed by atoms with E-state index in [-0.39, 0.29) is 0 Å². The minimum atomic E-state index is 0.758. The van der Waals surface area contributed by atoms with Gasteiger partial charge in [0.05, 0.1) is 6.17 Å². The zero-order chi connectivity index (χ0) is 8.10. The first-order valence-electron chi connectivity index (χ1n) is 3.66. The second kappa shape index (κ2) is 4.11. The standard InChI is InChI=1S/C9H13N2/c1-8(10)11-7-9-5-3-2-4-6-9/h2-6,11H,7,10H2,1H3. The number of benzene rings is 1. The number of hydrogen-bond acceptors (Lipinski definition) is 2. The first-order chi connectivity index (χ1) is 5.29. The van der Waals surface area contributed by atoms with Gasteiger partial charge in [0.1, 0.15) is 0 Å². The second-order valence-electron chi connectivity index (χ2n) is 2.52. The van der Waals surface area contributed by atoms with Crippen molar-refractivity contribution in [2.75, 3.05) is 0 Å². The lowest BCUT2D eigenvalue weighted by Gasteiger charge is -2.05. The zero-order valence-electron chi connectivity index (χ0n) is 6.67. The number of hydrogen-bond donors (Lipinski definition) is 2. The lowest BCUT2D eigenvalue weighted by Crippen LogP contribution is -2.24. The molecule has 0 aliphatic heterocycles. The summed E-state index contributed by atoms with van der Waals surface area (Å²) in [6.07, 6.45) is 0.758. The maximum Gasteiger partial charge on any atom is 0.0954 e. The van der Waals surface area contributed by atoms with Crippen LogP contribution in [-0.4, -0.2) is 0 Å². The predicted octanol–water partition coefficient (Wildman–Crippen LogP) is 1.24. The quantitative estimate of drug-likeness (QED) is 0.678. The van der Waals surface area contributed by atoms with Crippen molar-refractivity contribution in [1.82, 2.24) is 5.32 Å². The Bertz CT molecular complexity index is 194. The maximum atomic E-state index is 5.45. The summed E-state index contributed by atoms with van der Waals surface area (Å²) in [4.78, 5) is 0. The van der Waals surface area contributed by atoms with Gasteiger partial charge >= 0.3 is 0 Å². The number of nitrogens with one attached hydrogen (secondary N) is 1. The third kappa shape index (κ3) is 3.16. The molecule has 0 saturated heterocycles. The SMILES string of the molecule is C[C](N)NCc1ccccc1. The van der Waals surface area contributed by atoms with E-state index in [4.69, 9.17) is 5.73 Å². The molecule has 0 atom stereocenters. The third-order valence-corrected chi connectivity index (χ3v) is 1.41. The lowest BCUT2D eigenvalue weighted by atomic mass is 10.2. The van der Waals surface area contributed by atoms with Gasteiger partial charge in [-0.2, -0.15) is 0 Å². The molecule has 0 aliphatic rings. The van der Waals surface area contributed by atoms with Crippen molar-refractivity contribution in [3.63, 3.8) is 0 Å². The molecule has 0 bridgehead atoms. The van der Waals surface area contributed by atoms with Gasteiger partial charge in [-0.1, -0.05) is 30.3 Å². The molecule has 1 rings (SSSR count). The summed E-state index contributed by atoms with van der Waals surface area (Å²) in [7, 11) is 0. The third-order valence-electron chi connectivity index (χ3n) is 1.41. The van der Waals surface area contributed by atoms with Crippen LogP contribution < -0.4 is 11.1 Å². The van der Waals surface area contributed by atoms with Crippen LogP contribution in [0.25, 0.3) is 0 Å². The molecule has 0 amide bonds. The molecule has 0 fully saturated rings. The monoisotopic (exact) mass is 149 g/mol. The molecule has 0 heterocycles. The highest BCUT2D eigenvalue weighted by Gasteiger charge is 1.93. The van der Waals surface area contributed by atoms with Crippen LogP contribution in [0.15, 0.2) is 30.3 Å². The molecule has 2 nitrogen and oxygen atoms in total. The number of rotatable bonds is 3. The summed E-state index contributed by atoms with van der Waals surface area (Å²) in [5.41, 5.74) is 6.69. The summed E-state index contributed by atoms with van der Waals surface area (Å²) in [5.74, 6) is 0. The molecule has 0 aliphatic carbocycles. The fraction of sp³-hybridized carbons (Fsp3) is 0.222. The molecular weight excluding hydrogens is 136 g/mol. The average Bonchev–Trinajstić information content (AvgIpc) is 2.03. The van der Waals surface area contributed by atoms with E-state index in [1.54, 1.807) is 0 Å². The van der Waals surface area contributed by atoms with Gasteiger partial charge in [-0.15, -0.1) is 0 Å². The molecule has 3 N–H and O–H groups in total. The smallest absolute Gasteiger partial charge is 0.0954 e. The molecule has 1 aromatic rings. The molecule has 0 spiro atoms. The molecule has 59 valence electrons. The van der Waals surface area contributed by atoms with Gasteiger partial charge in [0, 0.05) is 6.54 Å². The first-order valence-corrected chi connectivity index (χ1v) is 3.66. The summed E-state index contributed by atoms with van der Waals surface area (Å²) in [6, 6.07) is 10.2. The van der Waals surface area contributed by atoms with Crippen LogP contribution in [0.1, 0.15) is 12.5 Å². The van der Waals surface area contributed by atoms with E-state index in [1.165, 1.54) is 5.56 Å². The summed E-state index contributed by atoms with van der Waals surface area (Å²) in [5, 5.41) is 3.06. The lowest BCUT2D eigenvalue weighted by molar-refractivity contribution is 0.696. The summed E-state index contributed by atoms with van der Waals surface area (Å²) >= 11 is 0. The highest BCUT2D eigenvalue weighted by atomic mass is 15.0. The van der Waals surface area contributed by atoms with Crippen molar-refractivity contribution >= 4 is 0 Å². The Morgan fingerprint density at radius 3 is 2.55 bits per heavy atom. The van der Waals surface area contributed by atoms with Crippen molar-refractivity contribution in [1.29, 1.82) is 0 Å². The van der Waals surface area contributed by atoms with Crippen molar-refractivity contribution in [3.8, 4) is 0 Å². The zero-order valence-corrected chi connectivity index (χ0v) is 6.67. The van der Waals surface area contributed by atoms with E-state index in [1.807, 2.05) is 25.1 Å². The average molecular weight is 149 g/mol. The highest BCUT2D eigenvalue weighted by Crippen LogP contribution is 1.97. The van der Waals surface area contributed by atoms with Crippen LogP contribution in [0.3, 0.4) is 0 Å². The van der Waals surface area contributed by atoms with E-state index in [0.717, 1.165) is 12.7 Å². The minimum absolute atomic E-state index is 0.758. The van der Waals surface area contributed by atoms with E-state index in [2.05, 4.69) is 17.4 Å². The van der Waals surface area contributed by atoms with Gasteiger partial charge < -0.3 is 5.73 Å². The Morgan fingerprint density at radius 2 is 2.00 bits per heavy atom. The minimum Gasteiger partial charge on any atom is -0.311 e. The van der Waals surface area contributed by atoms with Gasteiger partial charge in [-0.05, 0) is 12.5 Å². The topological polar surface area (TPSA) is 38.0 Å². The van der Waals surface area contributed by atoms with Crippen LogP contribution in [0, 0.1) is 6.17 Å². The van der Waals surface area contributed by atoms with Gasteiger partial charge in [0.25, 0.3) is 0 Å². The van der Waals surface area contributed by atoms with E-state index < -0.39 is 0 Å². The van der Waals surface area contributed by atoms with Crippen LogP contribution in [0.4, 0.5) is 0 Å². The van der Waals surface area contributed by atoms with Crippen LogP contribution in [-0.2, 0) is 6.54 Å². The van der Waals surface area contributed by atoms with E-state index >= 15 is 0 Å². The molecular formula is C9H13N2. The van der Waals surface area contributed by atoms with Crippen molar-refractivity contribution < 1.29 is 0 Å². The number of nitrogens with two attached hydrogens (primary N) is 1. The fourth-order valence-electron chi connectivity index (χ4n) is 0.837. The van der Waals surface area contributed by atoms with Crippen LogP contribution in [0.2, 0.25) is 0 Å². The Kier molecular flexibility index (Phi) is 3.08. The second-order valence-corrected chi connectivity index (χ2v) is 2.52. The molecule has 0 saturated carbocycles. The van der Waals surface area contributed by atoms with Gasteiger partial charge in [-0.3, -0.25) is 5.32 Å². The van der Waals surface area contributed by atoms with Crippen LogP contribution in [0.5, 0.6) is 0 Å². The molecule has 11 heavy (non-hydrogen) atoms. The summed E-state index contributed by atoms with van der Waals surface area (Å²) < 4.78 is 0. The Hall–Kier alpha value is -0.860. The Balaban J connectivity index is 2.39. The predicted molar refractivity (Wildman–Crippen MR) is 46.4 cm³/mol. The molecule has 2 heteroatoms. The van der Waals surface area contributed by atoms with Gasteiger partial charge in [0.15, 0.2) is 0 Å². The van der Waals surface area contributed by atoms with Crippen LogP contribution >= 0.6 is 0 Å². The fourth-order valence-corrected chi connectivity index (χ4v) is 0.837.